The van der Waals surface area contributed by atoms with E-state index in [1.54, 1.807) is 0 Å². The molecule has 1 aromatic rings. The van der Waals surface area contributed by atoms with E-state index in [0.717, 1.165) is 12.0 Å². The van der Waals surface area contributed by atoms with Gasteiger partial charge in [-0.05, 0) is 24.1 Å². The predicted octanol–water partition coefficient (Wildman–Crippen LogP) is 2.00. The summed E-state index contributed by atoms with van der Waals surface area (Å²) in [6.45, 7) is 0.670. The van der Waals surface area contributed by atoms with Gasteiger partial charge in [0.2, 0.25) is 0 Å². The first kappa shape index (κ1) is 9.81. The number of hydrogen-bond donors (Lipinski definition) is 2. The third kappa shape index (κ3) is 2.35. The van der Waals surface area contributed by atoms with Gasteiger partial charge >= 0.3 is 0 Å². The predicted molar refractivity (Wildman–Crippen MR) is 52.4 cm³/mol. The molecule has 0 heterocycles. The molecule has 0 saturated carbocycles. The number of nitrogens with one attached hydrogen (secondary N) is 1. The van der Waals surface area contributed by atoms with Crippen LogP contribution >= 0.6 is 23.2 Å². The molecule has 0 saturated heterocycles. The molecule has 0 aliphatic heterocycles. The average molecular weight is 205 g/mol. The molecule has 0 atom stereocenters. The topological polar surface area (TPSA) is 38.0 Å². The number of nitrogens with two attached hydrogens (primary N) is 1. The summed E-state index contributed by atoms with van der Waals surface area (Å²) < 4.78 is 0. The Kier molecular flexibility index (Phi) is 3.82. The van der Waals surface area contributed by atoms with Crippen LogP contribution in [0.4, 0.5) is 0 Å². The lowest BCUT2D eigenvalue weighted by Gasteiger charge is -2.05. The number of hydrogen-bond acceptors (Lipinski definition) is 2. The lowest BCUT2D eigenvalue weighted by molar-refractivity contribution is 0.728. The Balaban J connectivity index is 2.81. The fourth-order valence-electron chi connectivity index (χ4n) is 0.968. The molecule has 1 aromatic carbocycles. The van der Waals surface area contributed by atoms with E-state index in [4.69, 9.17) is 29.0 Å². The number of benzene rings is 1. The van der Waals surface area contributed by atoms with Crippen molar-refractivity contribution in [1.29, 1.82) is 0 Å². The van der Waals surface area contributed by atoms with Gasteiger partial charge in [0.25, 0.3) is 0 Å². The van der Waals surface area contributed by atoms with E-state index < -0.39 is 0 Å². The zero-order valence-corrected chi connectivity index (χ0v) is 7.99. The van der Waals surface area contributed by atoms with Gasteiger partial charge in [0.1, 0.15) is 0 Å². The SMILES string of the molecule is NNCCc1c(Cl)cccc1Cl. The first-order valence-corrected chi connectivity index (χ1v) is 4.37. The fourth-order valence-corrected chi connectivity index (χ4v) is 1.55. The molecule has 0 aromatic heterocycles. The van der Waals surface area contributed by atoms with Crippen LogP contribution in [0.25, 0.3) is 0 Å². The van der Waals surface area contributed by atoms with Gasteiger partial charge in [0, 0.05) is 16.6 Å². The van der Waals surface area contributed by atoms with Crippen LogP contribution in [0.15, 0.2) is 18.2 Å². The molecule has 2 nitrogen and oxygen atoms in total. The molecular formula is C8H10Cl2N2. The van der Waals surface area contributed by atoms with E-state index in [0.29, 0.717) is 16.6 Å². The van der Waals surface area contributed by atoms with Crippen molar-refractivity contribution < 1.29 is 0 Å². The van der Waals surface area contributed by atoms with Gasteiger partial charge < -0.3 is 0 Å². The quantitative estimate of drug-likeness (QED) is 0.585. The summed E-state index contributed by atoms with van der Waals surface area (Å²) in [6, 6.07) is 5.46. The lowest BCUT2D eigenvalue weighted by Crippen LogP contribution is -2.24. The normalized spacial score (nSPS) is 10.2. The van der Waals surface area contributed by atoms with Gasteiger partial charge in [0.15, 0.2) is 0 Å². The van der Waals surface area contributed by atoms with Crippen molar-refractivity contribution in [2.75, 3.05) is 6.54 Å². The summed E-state index contributed by atoms with van der Waals surface area (Å²) in [6.07, 6.45) is 0.745. The molecule has 0 unspecified atom stereocenters. The van der Waals surface area contributed by atoms with Gasteiger partial charge in [-0.1, -0.05) is 29.3 Å². The van der Waals surface area contributed by atoms with Crippen LogP contribution in [-0.4, -0.2) is 6.54 Å². The van der Waals surface area contributed by atoms with Crippen LogP contribution < -0.4 is 11.3 Å². The first-order chi connectivity index (χ1) is 5.75. The smallest absolute Gasteiger partial charge is 0.0453 e. The minimum Gasteiger partial charge on any atom is -0.271 e. The Morgan fingerprint density at radius 2 is 1.83 bits per heavy atom. The second kappa shape index (κ2) is 4.67. The summed E-state index contributed by atoms with van der Waals surface area (Å²) in [5, 5.41) is 1.38. The minimum absolute atomic E-state index is 0.670. The number of hydrazine groups is 1. The Labute approximate surface area is 81.6 Å². The fraction of sp³-hybridized carbons (Fsp3) is 0.250. The average Bonchev–Trinajstić information content (AvgIpc) is 2.04. The summed E-state index contributed by atoms with van der Waals surface area (Å²) >= 11 is 11.8. The Morgan fingerprint density at radius 1 is 1.25 bits per heavy atom. The Bertz CT molecular complexity index is 243. The Morgan fingerprint density at radius 3 is 2.33 bits per heavy atom. The van der Waals surface area contributed by atoms with Crippen LogP contribution in [0, 0.1) is 0 Å². The summed E-state index contributed by atoms with van der Waals surface area (Å²) in [5.41, 5.74) is 3.50. The maximum absolute atomic E-state index is 5.91. The highest BCUT2D eigenvalue weighted by Crippen LogP contribution is 2.24. The molecule has 66 valence electrons. The highest BCUT2D eigenvalue weighted by atomic mass is 35.5. The lowest BCUT2D eigenvalue weighted by atomic mass is 10.1. The number of halogens is 2. The van der Waals surface area contributed by atoms with Crippen LogP contribution in [0.5, 0.6) is 0 Å². The highest BCUT2D eigenvalue weighted by molar-refractivity contribution is 6.35. The van der Waals surface area contributed by atoms with Crippen LogP contribution in [0.3, 0.4) is 0 Å². The summed E-state index contributed by atoms with van der Waals surface area (Å²) in [4.78, 5) is 0. The van der Waals surface area contributed by atoms with Gasteiger partial charge in [-0.15, -0.1) is 0 Å². The molecule has 0 fully saturated rings. The van der Waals surface area contributed by atoms with Gasteiger partial charge in [0.05, 0.1) is 0 Å². The van der Waals surface area contributed by atoms with Crippen molar-refractivity contribution in [2.45, 2.75) is 6.42 Å². The molecule has 0 aliphatic carbocycles. The van der Waals surface area contributed by atoms with Crippen molar-refractivity contribution in [1.82, 2.24) is 5.43 Å². The summed E-state index contributed by atoms with van der Waals surface area (Å²) in [5.74, 6) is 5.14. The van der Waals surface area contributed by atoms with Gasteiger partial charge in [-0.3, -0.25) is 11.3 Å². The van der Waals surface area contributed by atoms with E-state index in [1.165, 1.54) is 0 Å². The van der Waals surface area contributed by atoms with Crippen LogP contribution in [-0.2, 0) is 6.42 Å². The molecule has 12 heavy (non-hydrogen) atoms. The monoisotopic (exact) mass is 204 g/mol. The molecule has 0 radical (unpaired) electrons. The molecule has 1 rings (SSSR count). The van der Waals surface area contributed by atoms with E-state index >= 15 is 0 Å². The highest BCUT2D eigenvalue weighted by Gasteiger charge is 2.03. The first-order valence-electron chi connectivity index (χ1n) is 3.62. The molecular weight excluding hydrogens is 195 g/mol. The van der Waals surface area contributed by atoms with Crippen molar-refractivity contribution in [3.05, 3.63) is 33.8 Å². The van der Waals surface area contributed by atoms with Crippen LogP contribution in [0.1, 0.15) is 5.56 Å². The molecule has 0 spiro atoms. The largest absolute Gasteiger partial charge is 0.271 e. The third-order valence-electron chi connectivity index (χ3n) is 1.58. The molecule has 0 bridgehead atoms. The maximum Gasteiger partial charge on any atom is 0.0453 e. The molecule has 0 amide bonds. The second-order valence-corrected chi connectivity index (χ2v) is 3.22. The molecule has 0 aliphatic rings. The van der Waals surface area contributed by atoms with E-state index in [9.17, 15) is 0 Å². The van der Waals surface area contributed by atoms with Crippen molar-refractivity contribution >= 4 is 23.2 Å². The van der Waals surface area contributed by atoms with Crippen molar-refractivity contribution in [3.8, 4) is 0 Å². The Hall–Kier alpha value is -0.280. The number of rotatable bonds is 3. The van der Waals surface area contributed by atoms with E-state index in [2.05, 4.69) is 5.43 Å². The maximum atomic E-state index is 5.91. The van der Waals surface area contributed by atoms with Crippen molar-refractivity contribution in [2.24, 2.45) is 5.84 Å². The minimum atomic E-state index is 0.670. The van der Waals surface area contributed by atoms with Crippen molar-refractivity contribution in [3.63, 3.8) is 0 Å². The molecule has 4 heteroatoms. The van der Waals surface area contributed by atoms with Gasteiger partial charge in [-0.2, -0.15) is 0 Å². The van der Waals surface area contributed by atoms with Gasteiger partial charge in [-0.25, -0.2) is 0 Å². The second-order valence-electron chi connectivity index (χ2n) is 2.40. The standard InChI is InChI=1S/C8H10Cl2N2/c9-7-2-1-3-8(10)6(7)4-5-12-11/h1-3,12H,4-5,11H2. The zero-order valence-electron chi connectivity index (χ0n) is 6.48. The van der Waals surface area contributed by atoms with E-state index in [1.807, 2.05) is 18.2 Å². The third-order valence-corrected chi connectivity index (χ3v) is 2.29. The summed E-state index contributed by atoms with van der Waals surface area (Å²) in [7, 11) is 0. The molecule has 3 N–H and O–H groups in total. The van der Waals surface area contributed by atoms with E-state index in [-0.39, 0.29) is 0 Å². The van der Waals surface area contributed by atoms with Crippen LogP contribution in [0.2, 0.25) is 10.0 Å². The zero-order chi connectivity index (χ0) is 8.97.